The van der Waals surface area contributed by atoms with Crippen LogP contribution in [-0.2, 0) is 0 Å². The molecule has 3 aromatic carbocycles. The van der Waals surface area contributed by atoms with Crippen molar-refractivity contribution in [3.05, 3.63) is 109 Å². The van der Waals surface area contributed by atoms with Crippen molar-refractivity contribution in [2.45, 2.75) is 6.92 Å². The molecule has 0 spiro atoms. The molecule has 0 bridgehead atoms. The largest absolute Gasteiger partial charge is 0.422 e. The van der Waals surface area contributed by atoms with Crippen LogP contribution in [0.25, 0.3) is 0 Å². The molecule has 11 nitrogen and oxygen atoms in total. The molecule has 3 rings (SSSR count). The highest BCUT2D eigenvalue weighted by molar-refractivity contribution is 5.96. The fraction of sp³-hybridized carbons (Fsp3) is 0.0455. The zero-order valence-electron chi connectivity index (χ0n) is 17.1. The van der Waals surface area contributed by atoms with E-state index in [4.69, 9.17) is 4.74 Å². The number of nitrogens with zero attached hydrogens (tertiary/aromatic N) is 3. The average Bonchev–Trinajstić information content (AvgIpc) is 2.79. The molecule has 0 aliphatic heterocycles. The number of hydrogen-bond donors (Lipinski definition) is 1. The lowest BCUT2D eigenvalue weighted by Crippen LogP contribution is -2.17. The molecular weight excluding hydrogens is 432 g/mol. The summed E-state index contributed by atoms with van der Waals surface area (Å²) in [4.78, 5) is 45.1. The first-order chi connectivity index (χ1) is 15.7. The number of nitro benzene ring substituents is 2. The first kappa shape index (κ1) is 22.7. The smallest absolute Gasteiger partial charge is 0.344 e. The summed E-state index contributed by atoms with van der Waals surface area (Å²) in [6, 6.07) is 15.6. The van der Waals surface area contributed by atoms with Gasteiger partial charge in [-0.15, -0.1) is 0 Å². The van der Waals surface area contributed by atoms with Crippen LogP contribution < -0.4 is 10.2 Å². The number of esters is 1. The summed E-state index contributed by atoms with van der Waals surface area (Å²) < 4.78 is 5.27. The first-order valence-electron chi connectivity index (χ1n) is 9.40. The Hall–Kier alpha value is -4.93. The minimum atomic E-state index is -1.04. The highest BCUT2D eigenvalue weighted by Crippen LogP contribution is 2.24. The Morgan fingerprint density at radius 2 is 1.58 bits per heavy atom. The minimum absolute atomic E-state index is 0.0326. The van der Waals surface area contributed by atoms with Crippen LogP contribution in [0.4, 0.5) is 11.4 Å². The van der Waals surface area contributed by atoms with E-state index in [9.17, 15) is 29.8 Å². The summed E-state index contributed by atoms with van der Waals surface area (Å²) in [5, 5.41) is 25.9. The van der Waals surface area contributed by atoms with Gasteiger partial charge in [0.2, 0.25) is 0 Å². The van der Waals surface area contributed by atoms with Gasteiger partial charge >= 0.3 is 5.97 Å². The van der Waals surface area contributed by atoms with Gasteiger partial charge in [0, 0.05) is 23.3 Å². The SMILES string of the molecule is Cc1cccc(C(=O)N/N=C\c2ccccc2OC(=O)c2cc([N+](=O)[O-])cc([N+](=O)[O-])c2)c1. The number of hydrogen-bond acceptors (Lipinski definition) is 8. The van der Waals surface area contributed by atoms with Crippen molar-refractivity contribution >= 4 is 29.5 Å². The monoisotopic (exact) mass is 448 g/mol. The number of nitro groups is 2. The number of hydrazone groups is 1. The van der Waals surface area contributed by atoms with Crippen LogP contribution in [-0.4, -0.2) is 27.9 Å². The fourth-order valence-electron chi connectivity index (χ4n) is 2.77. The Balaban J connectivity index is 1.79. The second-order valence-electron chi connectivity index (χ2n) is 6.75. The normalized spacial score (nSPS) is 10.6. The molecule has 0 heterocycles. The molecule has 0 atom stereocenters. The molecule has 166 valence electrons. The van der Waals surface area contributed by atoms with Crippen molar-refractivity contribution in [1.82, 2.24) is 5.43 Å². The Kier molecular flexibility index (Phi) is 6.84. The molecule has 0 saturated heterocycles. The van der Waals surface area contributed by atoms with Crippen LogP contribution in [0.15, 0.2) is 71.8 Å². The van der Waals surface area contributed by atoms with Gasteiger partial charge in [-0.2, -0.15) is 5.10 Å². The molecule has 0 fully saturated rings. The number of carbonyl (C=O) groups is 2. The van der Waals surface area contributed by atoms with E-state index < -0.39 is 33.1 Å². The minimum Gasteiger partial charge on any atom is -0.422 e. The lowest BCUT2D eigenvalue weighted by molar-refractivity contribution is -0.394. The first-order valence-corrected chi connectivity index (χ1v) is 9.40. The Labute approximate surface area is 186 Å². The number of benzene rings is 3. The summed E-state index contributed by atoms with van der Waals surface area (Å²) in [7, 11) is 0. The number of aryl methyl sites for hydroxylation is 1. The van der Waals surface area contributed by atoms with E-state index in [1.807, 2.05) is 13.0 Å². The predicted molar refractivity (Wildman–Crippen MR) is 117 cm³/mol. The van der Waals surface area contributed by atoms with E-state index in [2.05, 4.69) is 10.5 Å². The Bertz CT molecular complexity index is 1250. The van der Waals surface area contributed by atoms with Gasteiger partial charge in [0.05, 0.1) is 27.7 Å². The average molecular weight is 448 g/mol. The molecule has 1 amide bonds. The standard InChI is InChI=1S/C22H16N4O7/c1-14-5-4-7-15(9-14)21(27)24-23-13-16-6-2-3-8-20(16)33-22(28)17-10-18(25(29)30)12-19(11-17)26(31)32/h2-13H,1H3,(H,24,27)/b23-13-. The van der Waals surface area contributed by atoms with Crippen molar-refractivity contribution in [2.24, 2.45) is 5.10 Å². The molecule has 0 radical (unpaired) electrons. The molecule has 33 heavy (non-hydrogen) atoms. The van der Waals surface area contributed by atoms with Crippen molar-refractivity contribution in [3.63, 3.8) is 0 Å². The van der Waals surface area contributed by atoms with Gasteiger partial charge in [-0.3, -0.25) is 25.0 Å². The van der Waals surface area contributed by atoms with E-state index in [-0.39, 0.29) is 11.3 Å². The molecular formula is C22H16N4O7. The van der Waals surface area contributed by atoms with Crippen LogP contribution >= 0.6 is 0 Å². The lowest BCUT2D eigenvalue weighted by atomic mass is 10.1. The van der Waals surface area contributed by atoms with Gasteiger partial charge in [0.25, 0.3) is 17.3 Å². The number of nitrogens with one attached hydrogen (secondary N) is 1. The third-order valence-electron chi connectivity index (χ3n) is 4.33. The Morgan fingerprint density at radius 3 is 2.21 bits per heavy atom. The van der Waals surface area contributed by atoms with Gasteiger partial charge in [-0.25, -0.2) is 10.2 Å². The molecule has 1 N–H and O–H groups in total. The highest BCUT2D eigenvalue weighted by atomic mass is 16.6. The molecule has 0 aliphatic carbocycles. The number of ether oxygens (including phenoxy) is 1. The van der Waals surface area contributed by atoms with Gasteiger partial charge in [-0.1, -0.05) is 29.8 Å². The van der Waals surface area contributed by atoms with E-state index in [0.717, 1.165) is 23.8 Å². The topological polar surface area (TPSA) is 154 Å². The van der Waals surface area contributed by atoms with E-state index in [1.165, 1.54) is 12.3 Å². The second-order valence-corrected chi connectivity index (χ2v) is 6.75. The summed E-state index contributed by atoms with van der Waals surface area (Å²) in [5.41, 5.74) is 2.40. The number of amides is 1. The van der Waals surface area contributed by atoms with Crippen molar-refractivity contribution in [1.29, 1.82) is 0 Å². The van der Waals surface area contributed by atoms with E-state index >= 15 is 0 Å². The van der Waals surface area contributed by atoms with Crippen LogP contribution in [0, 0.1) is 27.2 Å². The molecule has 11 heteroatoms. The predicted octanol–water partition coefficient (Wildman–Crippen LogP) is 3.79. The molecule has 3 aromatic rings. The number of rotatable bonds is 7. The van der Waals surface area contributed by atoms with Crippen molar-refractivity contribution < 1.29 is 24.2 Å². The summed E-state index contributed by atoms with van der Waals surface area (Å²) in [5.74, 6) is -1.44. The summed E-state index contributed by atoms with van der Waals surface area (Å²) in [6.07, 6.45) is 1.26. The van der Waals surface area contributed by atoms with Crippen LogP contribution in [0.1, 0.15) is 31.8 Å². The van der Waals surface area contributed by atoms with Crippen molar-refractivity contribution in [3.8, 4) is 5.75 Å². The van der Waals surface area contributed by atoms with E-state index in [0.29, 0.717) is 11.1 Å². The molecule has 0 saturated carbocycles. The number of non-ortho nitro benzene ring substituents is 2. The van der Waals surface area contributed by atoms with Crippen LogP contribution in [0.5, 0.6) is 5.75 Å². The third kappa shape index (κ3) is 5.82. The summed E-state index contributed by atoms with van der Waals surface area (Å²) >= 11 is 0. The quantitative estimate of drug-likeness (QED) is 0.190. The summed E-state index contributed by atoms with van der Waals surface area (Å²) in [6.45, 7) is 1.85. The van der Waals surface area contributed by atoms with Gasteiger partial charge < -0.3 is 4.74 Å². The van der Waals surface area contributed by atoms with Crippen LogP contribution in [0.2, 0.25) is 0 Å². The maximum absolute atomic E-state index is 12.5. The molecule has 0 aromatic heterocycles. The zero-order chi connectivity index (χ0) is 24.0. The maximum Gasteiger partial charge on any atom is 0.344 e. The van der Waals surface area contributed by atoms with Gasteiger partial charge in [-0.05, 0) is 31.2 Å². The maximum atomic E-state index is 12.5. The molecule has 0 unspecified atom stereocenters. The van der Waals surface area contributed by atoms with Gasteiger partial charge in [0.15, 0.2) is 0 Å². The highest BCUT2D eigenvalue weighted by Gasteiger charge is 2.21. The van der Waals surface area contributed by atoms with Crippen molar-refractivity contribution in [2.75, 3.05) is 0 Å². The fourth-order valence-corrected chi connectivity index (χ4v) is 2.77. The lowest BCUT2D eigenvalue weighted by Gasteiger charge is -2.07. The zero-order valence-corrected chi connectivity index (χ0v) is 17.1. The second kappa shape index (κ2) is 9.92. The van der Waals surface area contributed by atoms with Gasteiger partial charge in [0.1, 0.15) is 5.75 Å². The number of carbonyl (C=O) groups excluding carboxylic acids is 2. The van der Waals surface area contributed by atoms with Crippen LogP contribution in [0.3, 0.4) is 0 Å². The number of para-hydroxylation sites is 1. The van der Waals surface area contributed by atoms with E-state index in [1.54, 1.807) is 36.4 Å². The molecule has 0 aliphatic rings. The third-order valence-corrected chi connectivity index (χ3v) is 4.33. The Morgan fingerprint density at radius 1 is 0.909 bits per heavy atom.